The van der Waals surface area contributed by atoms with Crippen LogP contribution < -0.4 is 10.5 Å². The fraction of sp³-hybridized carbons (Fsp3) is 0.538. The van der Waals surface area contributed by atoms with Crippen molar-refractivity contribution in [3.05, 3.63) is 29.8 Å². The highest BCUT2D eigenvalue weighted by Crippen LogP contribution is 2.15. The zero-order valence-electron chi connectivity index (χ0n) is 10.1. The molecule has 0 amide bonds. The minimum absolute atomic E-state index is 0.181. The van der Waals surface area contributed by atoms with Crippen LogP contribution in [-0.2, 0) is 11.2 Å². The molecule has 0 fully saturated rings. The third kappa shape index (κ3) is 4.64. The molecule has 0 radical (unpaired) electrons. The molecule has 0 aliphatic heterocycles. The van der Waals surface area contributed by atoms with Crippen LogP contribution in [0.4, 0.5) is 0 Å². The van der Waals surface area contributed by atoms with Gasteiger partial charge in [0.05, 0.1) is 6.10 Å². The minimum atomic E-state index is 0.181. The van der Waals surface area contributed by atoms with E-state index in [4.69, 9.17) is 15.2 Å². The van der Waals surface area contributed by atoms with E-state index in [2.05, 4.69) is 12.1 Å². The van der Waals surface area contributed by atoms with Gasteiger partial charge < -0.3 is 15.2 Å². The van der Waals surface area contributed by atoms with Gasteiger partial charge in [-0.25, -0.2) is 0 Å². The van der Waals surface area contributed by atoms with Gasteiger partial charge in [-0.05, 0) is 37.6 Å². The zero-order valence-corrected chi connectivity index (χ0v) is 10.1. The Bertz CT molecular complexity index is 284. The van der Waals surface area contributed by atoms with Gasteiger partial charge in [0.15, 0.2) is 0 Å². The number of ether oxygens (including phenoxy) is 2. The molecule has 0 heterocycles. The summed E-state index contributed by atoms with van der Waals surface area (Å²) in [6.45, 7) is 3.46. The summed E-state index contributed by atoms with van der Waals surface area (Å²) in [5.41, 5.74) is 6.74. The predicted molar refractivity (Wildman–Crippen MR) is 65.8 cm³/mol. The molecular formula is C13H21NO2. The van der Waals surface area contributed by atoms with Gasteiger partial charge in [-0.2, -0.15) is 0 Å². The lowest BCUT2D eigenvalue weighted by atomic mass is 10.1. The molecule has 1 aromatic carbocycles. The Morgan fingerprint density at radius 2 is 1.94 bits per heavy atom. The van der Waals surface area contributed by atoms with Gasteiger partial charge in [0, 0.05) is 20.1 Å². The predicted octanol–water partition coefficient (Wildman–Crippen LogP) is 1.99. The van der Waals surface area contributed by atoms with Gasteiger partial charge in [-0.3, -0.25) is 0 Å². The van der Waals surface area contributed by atoms with E-state index in [1.54, 1.807) is 7.11 Å². The first-order chi connectivity index (χ1) is 7.76. The molecule has 1 unspecified atom stereocenters. The number of rotatable bonds is 7. The van der Waals surface area contributed by atoms with Crippen molar-refractivity contribution in [2.45, 2.75) is 25.9 Å². The summed E-state index contributed by atoms with van der Waals surface area (Å²) in [6, 6.07) is 8.11. The second kappa shape index (κ2) is 7.25. The summed E-state index contributed by atoms with van der Waals surface area (Å²) in [7, 11) is 1.70. The monoisotopic (exact) mass is 223 g/mol. The van der Waals surface area contributed by atoms with Crippen molar-refractivity contribution in [2.24, 2.45) is 5.73 Å². The van der Waals surface area contributed by atoms with Gasteiger partial charge in [-0.1, -0.05) is 12.1 Å². The molecule has 0 aliphatic rings. The summed E-state index contributed by atoms with van der Waals surface area (Å²) in [6.07, 6.45) is 2.00. The molecule has 3 nitrogen and oxygen atoms in total. The van der Waals surface area contributed by atoms with E-state index in [0.29, 0.717) is 6.54 Å². The van der Waals surface area contributed by atoms with Gasteiger partial charge in [0.25, 0.3) is 0 Å². The summed E-state index contributed by atoms with van der Waals surface area (Å²) in [5, 5.41) is 0. The lowest BCUT2D eigenvalue weighted by Crippen LogP contribution is -2.14. The quantitative estimate of drug-likeness (QED) is 0.769. The number of hydrogen-bond donors (Lipinski definition) is 1. The molecule has 0 spiro atoms. The maximum absolute atomic E-state index is 5.74. The van der Waals surface area contributed by atoms with Crippen LogP contribution in [-0.4, -0.2) is 26.4 Å². The third-order valence-electron chi connectivity index (χ3n) is 2.42. The Morgan fingerprint density at radius 3 is 2.50 bits per heavy atom. The first kappa shape index (κ1) is 13.0. The molecule has 3 heteroatoms. The van der Waals surface area contributed by atoms with Crippen LogP contribution in [0.1, 0.15) is 18.9 Å². The van der Waals surface area contributed by atoms with Gasteiger partial charge in [0.1, 0.15) is 5.75 Å². The van der Waals surface area contributed by atoms with Gasteiger partial charge in [0.2, 0.25) is 0 Å². The fourth-order valence-corrected chi connectivity index (χ4v) is 1.48. The van der Waals surface area contributed by atoms with Crippen molar-refractivity contribution < 1.29 is 9.47 Å². The number of hydrogen-bond acceptors (Lipinski definition) is 3. The molecule has 1 rings (SSSR count). The average Bonchev–Trinajstić information content (AvgIpc) is 2.29. The van der Waals surface area contributed by atoms with E-state index in [-0.39, 0.29) is 6.10 Å². The molecule has 2 N–H and O–H groups in total. The second-order valence-corrected chi connectivity index (χ2v) is 3.89. The van der Waals surface area contributed by atoms with Crippen molar-refractivity contribution in [1.29, 1.82) is 0 Å². The van der Waals surface area contributed by atoms with Crippen LogP contribution in [0.3, 0.4) is 0 Å². The first-order valence-electron chi connectivity index (χ1n) is 5.71. The number of methoxy groups -OCH3 is 1. The Labute approximate surface area is 97.6 Å². The molecule has 0 saturated heterocycles. The van der Waals surface area contributed by atoms with Crippen LogP contribution in [0, 0.1) is 0 Å². The molecule has 1 aromatic rings. The van der Waals surface area contributed by atoms with Gasteiger partial charge >= 0.3 is 0 Å². The standard InChI is InChI=1S/C13H21NO2/c1-11(8-10-15-2)16-13-5-3-12(4-6-13)7-9-14/h3-6,11H,7-10,14H2,1-2H3. The van der Waals surface area contributed by atoms with E-state index in [9.17, 15) is 0 Å². The maximum Gasteiger partial charge on any atom is 0.119 e. The lowest BCUT2D eigenvalue weighted by molar-refractivity contribution is 0.135. The molecule has 0 aromatic heterocycles. The Hall–Kier alpha value is -1.06. The summed E-state index contributed by atoms with van der Waals surface area (Å²) >= 11 is 0. The molecular weight excluding hydrogens is 202 g/mol. The Kier molecular flexibility index (Phi) is 5.90. The van der Waals surface area contributed by atoms with E-state index in [0.717, 1.165) is 25.2 Å². The van der Waals surface area contributed by atoms with Crippen LogP contribution in [0.15, 0.2) is 24.3 Å². The summed E-state index contributed by atoms with van der Waals surface area (Å²) in [5.74, 6) is 0.907. The van der Waals surface area contributed by atoms with Crippen LogP contribution >= 0.6 is 0 Å². The lowest BCUT2D eigenvalue weighted by Gasteiger charge is -2.14. The normalized spacial score (nSPS) is 12.4. The van der Waals surface area contributed by atoms with Crippen LogP contribution in [0.25, 0.3) is 0 Å². The summed E-state index contributed by atoms with van der Waals surface area (Å²) in [4.78, 5) is 0. The van der Waals surface area contributed by atoms with E-state index in [1.807, 2.05) is 19.1 Å². The Morgan fingerprint density at radius 1 is 1.25 bits per heavy atom. The Balaban J connectivity index is 2.41. The van der Waals surface area contributed by atoms with Crippen molar-refractivity contribution in [1.82, 2.24) is 0 Å². The molecule has 0 saturated carbocycles. The zero-order chi connectivity index (χ0) is 11.8. The van der Waals surface area contributed by atoms with Crippen molar-refractivity contribution in [3.63, 3.8) is 0 Å². The largest absolute Gasteiger partial charge is 0.491 e. The van der Waals surface area contributed by atoms with Crippen LogP contribution in [0.2, 0.25) is 0 Å². The topological polar surface area (TPSA) is 44.5 Å². The highest BCUT2D eigenvalue weighted by Gasteiger charge is 2.03. The fourth-order valence-electron chi connectivity index (χ4n) is 1.48. The molecule has 1 atom stereocenters. The second-order valence-electron chi connectivity index (χ2n) is 3.89. The highest BCUT2D eigenvalue weighted by molar-refractivity contribution is 5.27. The third-order valence-corrected chi connectivity index (χ3v) is 2.42. The van der Waals surface area contributed by atoms with Crippen molar-refractivity contribution in [2.75, 3.05) is 20.3 Å². The smallest absolute Gasteiger partial charge is 0.119 e. The van der Waals surface area contributed by atoms with Gasteiger partial charge in [-0.15, -0.1) is 0 Å². The maximum atomic E-state index is 5.74. The highest BCUT2D eigenvalue weighted by atomic mass is 16.5. The van der Waals surface area contributed by atoms with E-state index in [1.165, 1.54) is 5.56 Å². The first-order valence-corrected chi connectivity index (χ1v) is 5.71. The summed E-state index contributed by atoms with van der Waals surface area (Å²) < 4.78 is 10.7. The molecule has 0 aliphatic carbocycles. The minimum Gasteiger partial charge on any atom is -0.491 e. The van der Waals surface area contributed by atoms with Crippen molar-refractivity contribution in [3.8, 4) is 5.75 Å². The molecule has 16 heavy (non-hydrogen) atoms. The SMILES string of the molecule is COCCC(C)Oc1ccc(CCN)cc1. The molecule has 90 valence electrons. The average molecular weight is 223 g/mol. The number of benzene rings is 1. The van der Waals surface area contributed by atoms with E-state index < -0.39 is 0 Å². The van der Waals surface area contributed by atoms with Crippen molar-refractivity contribution >= 4 is 0 Å². The number of nitrogens with two attached hydrogens (primary N) is 1. The van der Waals surface area contributed by atoms with Crippen LogP contribution in [0.5, 0.6) is 5.75 Å². The molecule has 0 bridgehead atoms. The van der Waals surface area contributed by atoms with E-state index >= 15 is 0 Å².